The highest BCUT2D eigenvalue weighted by molar-refractivity contribution is 5.76. The van der Waals surface area contributed by atoms with E-state index in [-0.39, 0.29) is 23.5 Å². The minimum atomic E-state index is -0.177. The van der Waals surface area contributed by atoms with Crippen molar-refractivity contribution >= 4 is 12.1 Å². The third-order valence-corrected chi connectivity index (χ3v) is 7.59. The van der Waals surface area contributed by atoms with Gasteiger partial charge < -0.3 is 14.4 Å². The Balaban J connectivity index is 1.36. The molecule has 2 atom stereocenters. The average molecular weight is 443 g/mol. The topological polar surface area (TPSA) is 59.1 Å². The van der Waals surface area contributed by atoms with Crippen LogP contribution in [0.3, 0.4) is 0 Å². The number of esters is 1. The number of hydrogen-bond acceptors (Lipinski definition) is 5. The molecule has 0 N–H and O–H groups in total. The molecule has 6 nitrogen and oxygen atoms in total. The van der Waals surface area contributed by atoms with E-state index in [4.69, 9.17) is 9.47 Å². The maximum absolute atomic E-state index is 13.3. The van der Waals surface area contributed by atoms with Crippen LogP contribution in [-0.2, 0) is 20.9 Å². The second kappa shape index (κ2) is 10.7. The summed E-state index contributed by atoms with van der Waals surface area (Å²) in [7, 11) is 0. The first-order valence-electron chi connectivity index (χ1n) is 12.5. The molecule has 0 bridgehead atoms. The van der Waals surface area contributed by atoms with E-state index in [0.29, 0.717) is 19.1 Å². The molecule has 2 saturated heterocycles. The lowest BCUT2D eigenvalue weighted by molar-refractivity contribution is -0.153. The van der Waals surface area contributed by atoms with Crippen molar-refractivity contribution in [3.05, 3.63) is 35.9 Å². The Morgan fingerprint density at radius 3 is 2.56 bits per heavy atom. The molecular weight excluding hydrogens is 404 g/mol. The van der Waals surface area contributed by atoms with Gasteiger partial charge in [0.15, 0.2) is 0 Å². The first-order chi connectivity index (χ1) is 15.6. The number of benzene rings is 1. The van der Waals surface area contributed by atoms with Crippen LogP contribution in [0.4, 0.5) is 4.79 Å². The van der Waals surface area contributed by atoms with Gasteiger partial charge in [0.05, 0.1) is 6.61 Å². The van der Waals surface area contributed by atoms with Crippen LogP contribution in [-0.4, -0.2) is 60.7 Å². The number of carbonyl (C=O) groups excluding carboxylic acids is 2. The minimum absolute atomic E-state index is 0.0772. The van der Waals surface area contributed by atoms with Gasteiger partial charge in [-0.2, -0.15) is 0 Å². The number of ether oxygens (including phenoxy) is 2. The molecule has 1 aromatic rings. The molecule has 1 amide bonds. The van der Waals surface area contributed by atoms with Gasteiger partial charge in [-0.05, 0) is 50.1 Å². The molecule has 2 heterocycles. The lowest BCUT2D eigenvalue weighted by Crippen LogP contribution is -2.46. The van der Waals surface area contributed by atoms with Crippen LogP contribution in [0.1, 0.15) is 63.9 Å². The maximum atomic E-state index is 13.3. The second-order valence-corrected chi connectivity index (χ2v) is 9.94. The number of unbranched alkanes of at least 4 members (excludes halogenated alkanes) is 1. The van der Waals surface area contributed by atoms with Crippen LogP contribution in [0.15, 0.2) is 30.3 Å². The van der Waals surface area contributed by atoms with Gasteiger partial charge in [0.1, 0.15) is 12.6 Å². The molecule has 176 valence electrons. The van der Waals surface area contributed by atoms with Crippen molar-refractivity contribution in [3.63, 3.8) is 0 Å². The Labute approximate surface area is 192 Å². The second-order valence-electron chi connectivity index (χ2n) is 9.94. The molecule has 3 aliphatic rings. The Morgan fingerprint density at radius 2 is 1.81 bits per heavy atom. The normalized spacial score (nSPS) is 24.8. The predicted molar refractivity (Wildman–Crippen MR) is 123 cm³/mol. The summed E-state index contributed by atoms with van der Waals surface area (Å²) >= 11 is 0. The standard InChI is InChI=1S/C26H38N2O4/c1-2-3-17-31-25(30)28-16-14-26(20-28)13-15-27(19-26)23(22-11-7-8-12-22)24(29)32-18-21-9-5-4-6-10-21/h4-6,9-10,22-23H,2-3,7-8,11-20H2,1H3/t23-,26?/m0/s1. The number of carbonyl (C=O) groups is 2. The van der Waals surface area contributed by atoms with Crippen molar-refractivity contribution in [1.29, 1.82) is 0 Å². The molecule has 6 heteroatoms. The van der Waals surface area contributed by atoms with E-state index in [2.05, 4.69) is 11.8 Å². The van der Waals surface area contributed by atoms with Crippen molar-refractivity contribution < 1.29 is 19.1 Å². The SMILES string of the molecule is CCCCOC(=O)N1CCC2(CCN([C@H](C(=O)OCc3ccccc3)C3CCCC3)C2)C1. The molecule has 1 saturated carbocycles. The van der Waals surface area contributed by atoms with Gasteiger partial charge in [0.25, 0.3) is 0 Å². The number of amides is 1. The Bertz CT molecular complexity index is 764. The van der Waals surface area contributed by atoms with Crippen molar-refractivity contribution in [1.82, 2.24) is 9.80 Å². The fraction of sp³-hybridized carbons (Fsp3) is 0.692. The fourth-order valence-corrected chi connectivity index (χ4v) is 5.75. The highest BCUT2D eigenvalue weighted by Gasteiger charge is 2.49. The molecule has 1 aromatic carbocycles. The number of nitrogens with zero attached hydrogens (tertiary/aromatic N) is 2. The quantitative estimate of drug-likeness (QED) is 0.434. The first-order valence-corrected chi connectivity index (χ1v) is 12.5. The summed E-state index contributed by atoms with van der Waals surface area (Å²) in [6.45, 7) is 6.20. The Morgan fingerprint density at radius 1 is 1.06 bits per heavy atom. The van der Waals surface area contributed by atoms with Gasteiger partial charge in [0.2, 0.25) is 0 Å². The van der Waals surface area contributed by atoms with E-state index in [1.54, 1.807) is 0 Å². The van der Waals surface area contributed by atoms with E-state index in [0.717, 1.165) is 70.3 Å². The highest BCUT2D eigenvalue weighted by atomic mass is 16.6. The van der Waals surface area contributed by atoms with Crippen molar-refractivity contribution in [2.24, 2.45) is 11.3 Å². The van der Waals surface area contributed by atoms with Gasteiger partial charge in [-0.15, -0.1) is 0 Å². The van der Waals surface area contributed by atoms with Gasteiger partial charge in [0, 0.05) is 25.0 Å². The van der Waals surface area contributed by atoms with E-state index in [1.165, 1.54) is 12.8 Å². The fourth-order valence-electron chi connectivity index (χ4n) is 5.75. The summed E-state index contributed by atoms with van der Waals surface area (Å²) in [4.78, 5) is 29.9. The molecule has 3 fully saturated rings. The zero-order chi connectivity index (χ0) is 22.4. The van der Waals surface area contributed by atoms with Gasteiger partial charge in [-0.1, -0.05) is 56.5 Å². The van der Waals surface area contributed by atoms with E-state index >= 15 is 0 Å². The molecule has 32 heavy (non-hydrogen) atoms. The Hall–Kier alpha value is -2.08. The van der Waals surface area contributed by atoms with Gasteiger partial charge >= 0.3 is 12.1 Å². The molecule has 2 aliphatic heterocycles. The van der Waals surface area contributed by atoms with Gasteiger partial charge in [-0.25, -0.2) is 4.79 Å². The largest absolute Gasteiger partial charge is 0.460 e. The molecule has 4 rings (SSSR count). The van der Waals surface area contributed by atoms with Crippen LogP contribution in [0.2, 0.25) is 0 Å². The Kier molecular flexibility index (Phi) is 7.71. The highest BCUT2D eigenvalue weighted by Crippen LogP contribution is 2.42. The van der Waals surface area contributed by atoms with Crippen LogP contribution in [0.25, 0.3) is 0 Å². The summed E-state index contributed by atoms with van der Waals surface area (Å²) in [6, 6.07) is 9.75. The van der Waals surface area contributed by atoms with Crippen LogP contribution in [0.5, 0.6) is 0 Å². The third-order valence-electron chi connectivity index (χ3n) is 7.59. The molecule has 1 aliphatic carbocycles. The first kappa shape index (κ1) is 23.1. The van der Waals surface area contributed by atoms with Crippen LogP contribution in [0, 0.1) is 11.3 Å². The summed E-state index contributed by atoms with van der Waals surface area (Å²) in [5.74, 6) is 0.302. The monoisotopic (exact) mass is 442 g/mol. The molecule has 1 unspecified atom stereocenters. The van der Waals surface area contributed by atoms with Crippen molar-refractivity contribution in [2.75, 3.05) is 32.8 Å². The zero-order valence-electron chi connectivity index (χ0n) is 19.5. The van der Waals surface area contributed by atoms with E-state index in [9.17, 15) is 9.59 Å². The lowest BCUT2D eigenvalue weighted by atomic mass is 9.86. The summed E-state index contributed by atoms with van der Waals surface area (Å²) in [5, 5.41) is 0. The van der Waals surface area contributed by atoms with Crippen molar-refractivity contribution in [2.45, 2.75) is 70.9 Å². The minimum Gasteiger partial charge on any atom is -0.460 e. The van der Waals surface area contributed by atoms with E-state index in [1.807, 2.05) is 35.2 Å². The average Bonchev–Trinajstić information content (AvgIpc) is 3.56. The maximum Gasteiger partial charge on any atom is 0.409 e. The van der Waals surface area contributed by atoms with Crippen LogP contribution < -0.4 is 0 Å². The number of hydrogen-bond donors (Lipinski definition) is 0. The summed E-state index contributed by atoms with van der Waals surface area (Å²) in [6.07, 6.45) is 8.37. The van der Waals surface area contributed by atoms with Gasteiger partial charge in [-0.3, -0.25) is 9.69 Å². The van der Waals surface area contributed by atoms with E-state index < -0.39 is 0 Å². The lowest BCUT2D eigenvalue weighted by Gasteiger charge is -2.32. The third kappa shape index (κ3) is 5.45. The zero-order valence-corrected chi connectivity index (χ0v) is 19.5. The molecule has 1 spiro atoms. The summed E-state index contributed by atoms with van der Waals surface area (Å²) in [5.41, 5.74) is 1.11. The number of rotatable bonds is 8. The van der Waals surface area contributed by atoms with Crippen molar-refractivity contribution in [3.8, 4) is 0 Å². The predicted octanol–water partition coefficient (Wildman–Crippen LogP) is 4.62. The molecular formula is C26H38N2O4. The smallest absolute Gasteiger partial charge is 0.409 e. The number of likely N-dealkylation sites (tertiary alicyclic amines) is 2. The molecule has 0 aromatic heterocycles. The molecule has 0 radical (unpaired) electrons. The van der Waals surface area contributed by atoms with Crippen LogP contribution >= 0.6 is 0 Å². The summed E-state index contributed by atoms with van der Waals surface area (Å²) < 4.78 is 11.3.